The van der Waals surface area contributed by atoms with Crippen molar-refractivity contribution in [3.8, 4) is 11.1 Å². The van der Waals surface area contributed by atoms with Crippen LogP contribution in [0.5, 0.6) is 0 Å². The molecule has 0 aliphatic heterocycles. The van der Waals surface area contributed by atoms with Crippen molar-refractivity contribution < 1.29 is 9.63 Å². The van der Waals surface area contributed by atoms with Crippen LogP contribution in [0.4, 0.5) is 0 Å². The summed E-state index contributed by atoms with van der Waals surface area (Å²) in [6, 6.07) is 18.0. The van der Waals surface area contributed by atoms with Crippen LogP contribution in [0.1, 0.15) is 32.3 Å². The number of nitrogens with zero attached hydrogens (tertiary/aromatic N) is 1. The first kappa shape index (κ1) is 16.6. The molecule has 0 bridgehead atoms. The van der Waals surface area contributed by atoms with Crippen LogP contribution in [0.3, 0.4) is 0 Å². The average molecular weight is 308 g/mol. The van der Waals surface area contributed by atoms with Gasteiger partial charge in [-0.1, -0.05) is 66.7 Å². The van der Waals surface area contributed by atoms with E-state index in [1.165, 1.54) is 0 Å². The Morgan fingerprint density at radius 2 is 1.65 bits per heavy atom. The average Bonchev–Trinajstić information content (AvgIpc) is 2.60. The molecule has 0 spiro atoms. The molecule has 2 rings (SSSR count). The fourth-order valence-electron chi connectivity index (χ4n) is 2.08. The zero-order valence-electron chi connectivity index (χ0n) is 13.4. The van der Waals surface area contributed by atoms with Crippen LogP contribution in [-0.4, -0.2) is 17.4 Å². The quantitative estimate of drug-likeness (QED) is 0.487. The predicted octanol–water partition coefficient (Wildman–Crippen LogP) is 4.44. The molecular weight excluding hydrogens is 288 g/mol. The zero-order valence-corrected chi connectivity index (χ0v) is 13.4. The maximum absolute atomic E-state index is 11.1. The van der Waals surface area contributed by atoms with Crippen molar-refractivity contribution in [1.29, 1.82) is 5.41 Å². The maximum atomic E-state index is 11.1. The van der Waals surface area contributed by atoms with E-state index in [-0.39, 0.29) is 12.4 Å². The normalized spacial score (nSPS) is 11.1. The van der Waals surface area contributed by atoms with Gasteiger partial charge in [0.1, 0.15) is 0 Å². The molecule has 0 aliphatic carbocycles. The third-order valence-corrected chi connectivity index (χ3v) is 3.37. The lowest BCUT2D eigenvalue weighted by Gasteiger charge is -2.06. The van der Waals surface area contributed by atoms with Crippen molar-refractivity contribution in [2.75, 3.05) is 0 Å². The summed E-state index contributed by atoms with van der Waals surface area (Å²) in [6.45, 7) is 3.46. The van der Waals surface area contributed by atoms with Crippen LogP contribution < -0.4 is 0 Å². The van der Waals surface area contributed by atoms with Crippen molar-refractivity contribution in [2.45, 2.75) is 26.7 Å². The van der Waals surface area contributed by atoms with Crippen molar-refractivity contribution in [1.82, 2.24) is 0 Å². The van der Waals surface area contributed by atoms with Crippen molar-refractivity contribution in [3.05, 3.63) is 60.2 Å². The molecule has 0 amide bonds. The second-order valence-corrected chi connectivity index (χ2v) is 5.24. The third-order valence-electron chi connectivity index (χ3n) is 3.37. The summed E-state index contributed by atoms with van der Waals surface area (Å²) in [5.41, 5.74) is 4.14. The molecule has 118 valence electrons. The molecule has 23 heavy (non-hydrogen) atoms. The summed E-state index contributed by atoms with van der Waals surface area (Å²) in [4.78, 5) is 15.8. The van der Waals surface area contributed by atoms with Gasteiger partial charge < -0.3 is 10.2 Å². The van der Waals surface area contributed by atoms with Gasteiger partial charge in [0, 0.05) is 18.6 Å². The summed E-state index contributed by atoms with van der Waals surface area (Å²) in [6.07, 6.45) is 0.636. The number of rotatable bonds is 6. The summed E-state index contributed by atoms with van der Waals surface area (Å²) < 4.78 is 0. The SMILES string of the molecule is CCC(=O)O/N=C(\C)CC(=N)c1ccc(-c2ccccc2)cc1. The first-order valence-corrected chi connectivity index (χ1v) is 7.56. The summed E-state index contributed by atoms with van der Waals surface area (Å²) >= 11 is 0. The number of hydrogen-bond acceptors (Lipinski definition) is 4. The van der Waals surface area contributed by atoms with Gasteiger partial charge >= 0.3 is 5.97 Å². The van der Waals surface area contributed by atoms with Gasteiger partial charge in [0.25, 0.3) is 0 Å². The van der Waals surface area contributed by atoms with Crippen LogP contribution >= 0.6 is 0 Å². The van der Waals surface area contributed by atoms with Gasteiger partial charge in [0.15, 0.2) is 0 Å². The highest BCUT2D eigenvalue weighted by atomic mass is 16.7. The van der Waals surface area contributed by atoms with Gasteiger partial charge in [-0.15, -0.1) is 0 Å². The molecule has 0 aliphatic rings. The minimum atomic E-state index is -0.372. The van der Waals surface area contributed by atoms with Crippen LogP contribution in [0, 0.1) is 5.41 Å². The number of nitrogens with one attached hydrogen (secondary N) is 1. The van der Waals surface area contributed by atoms with Gasteiger partial charge in [0.05, 0.1) is 5.71 Å². The molecule has 0 fully saturated rings. The van der Waals surface area contributed by atoms with E-state index in [2.05, 4.69) is 17.3 Å². The lowest BCUT2D eigenvalue weighted by Crippen LogP contribution is -2.07. The van der Waals surface area contributed by atoms with Crippen molar-refractivity contribution >= 4 is 17.4 Å². The van der Waals surface area contributed by atoms with Gasteiger partial charge in [-0.25, -0.2) is 4.79 Å². The molecule has 0 saturated carbocycles. The molecule has 1 N–H and O–H groups in total. The van der Waals surface area contributed by atoms with Crippen LogP contribution in [0.15, 0.2) is 59.8 Å². The molecule has 0 saturated heterocycles. The van der Waals surface area contributed by atoms with E-state index in [4.69, 9.17) is 10.2 Å². The van der Waals surface area contributed by atoms with E-state index < -0.39 is 0 Å². The van der Waals surface area contributed by atoms with E-state index in [0.717, 1.165) is 16.7 Å². The maximum Gasteiger partial charge on any atom is 0.334 e. The summed E-state index contributed by atoms with van der Waals surface area (Å²) in [5.74, 6) is -0.372. The van der Waals surface area contributed by atoms with Crippen molar-refractivity contribution in [3.63, 3.8) is 0 Å². The lowest BCUT2D eigenvalue weighted by molar-refractivity contribution is -0.143. The first-order chi connectivity index (χ1) is 11.1. The number of carbonyl (C=O) groups excluding carboxylic acids is 1. The topological polar surface area (TPSA) is 62.5 Å². The van der Waals surface area contributed by atoms with Gasteiger partial charge in [-0.05, 0) is 23.6 Å². The molecule has 0 unspecified atom stereocenters. The highest BCUT2D eigenvalue weighted by molar-refractivity contribution is 6.10. The summed E-state index contributed by atoms with van der Waals surface area (Å²) in [7, 11) is 0. The van der Waals surface area contributed by atoms with Gasteiger partial charge in [-0.3, -0.25) is 0 Å². The largest absolute Gasteiger partial charge is 0.334 e. The second kappa shape index (κ2) is 8.03. The Bertz CT molecular complexity index is 704. The molecule has 2 aromatic carbocycles. The van der Waals surface area contributed by atoms with Crippen LogP contribution in [0.25, 0.3) is 11.1 Å². The molecule has 4 heteroatoms. The Hall–Kier alpha value is -2.75. The number of carbonyl (C=O) groups is 1. The highest BCUT2D eigenvalue weighted by Crippen LogP contribution is 2.19. The Labute approximate surface area is 136 Å². The second-order valence-electron chi connectivity index (χ2n) is 5.24. The van der Waals surface area contributed by atoms with E-state index >= 15 is 0 Å². The highest BCUT2D eigenvalue weighted by Gasteiger charge is 2.06. The molecule has 0 aromatic heterocycles. The Morgan fingerprint density at radius 1 is 1.04 bits per heavy atom. The lowest BCUT2D eigenvalue weighted by atomic mass is 10.0. The van der Waals surface area contributed by atoms with E-state index in [1.807, 2.05) is 42.5 Å². The minimum Gasteiger partial charge on any atom is -0.318 e. The zero-order chi connectivity index (χ0) is 16.7. The van der Waals surface area contributed by atoms with Gasteiger partial charge in [-0.2, -0.15) is 0 Å². The van der Waals surface area contributed by atoms with E-state index in [1.54, 1.807) is 13.8 Å². The minimum absolute atomic E-state index is 0.287. The van der Waals surface area contributed by atoms with Gasteiger partial charge in [0.2, 0.25) is 0 Å². The summed E-state index contributed by atoms with van der Waals surface area (Å²) in [5, 5.41) is 11.9. The fourth-order valence-corrected chi connectivity index (χ4v) is 2.08. The standard InChI is InChI=1S/C19H20N2O2/c1-3-19(22)23-21-14(2)13-18(20)17-11-9-16(10-12-17)15-7-5-4-6-8-15/h4-12,20H,3,13H2,1-2H3/b20-18?,21-14+. The molecular formula is C19H20N2O2. The predicted molar refractivity (Wildman–Crippen MR) is 92.8 cm³/mol. The van der Waals surface area contributed by atoms with Crippen LogP contribution in [-0.2, 0) is 9.63 Å². The van der Waals surface area contributed by atoms with Crippen molar-refractivity contribution in [2.24, 2.45) is 5.16 Å². The van der Waals surface area contributed by atoms with E-state index in [9.17, 15) is 4.79 Å². The Balaban J connectivity index is 2.02. The molecule has 0 radical (unpaired) electrons. The first-order valence-electron chi connectivity index (χ1n) is 7.56. The van der Waals surface area contributed by atoms with Crippen LogP contribution in [0.2, 0.25) is 0 Å². The van der Waals surface area contributed by atoms with E-state index in [0.29, 0.717) is 17.8 Å². The monoisotopic (exact) mass is 308 g/mol. The third kappa shape index (κ3) is 4.88. The Morgan fingerprint density at radius 3 is 2.26 bits per heavy atom. The molecule has 0 heterocycles. The number of oxime groups is 1. The molecule has 0 atom stereocenters. The molecule has 4 nitrogen and oxygen atoms in total. The fraction of sp³-hybridized carbons (Fsp3) is 0.211. The smallest absolute Gasteiger partial charge is 0.318 e. The Kier molecular flexibility index (Phi) is 5.80. The number of benzene rings is 2. The number of hydrogen-bond donors (Lipinski definition) is 1. The molecule has 2 aromatic rings.